The summed E-state index contributed by atoms with van der Waals surface area (Å²) in [5.41, 5.74) is 0.847. The predicted molar refractivity (Wildman–Crippen MR) is 106 cm³/mol. The van der Waals surface area contributed by atoms with E-state index in [0.717, 1.165) is 17.7 Å². The van der Waals surface area contributed by atoms with Crippen molar-refractivity contribution < 1.29 is 22.4 Å². The highest BCUT2D eigenvalue weighted by molar-refractivity contribution is 6.30. The van der Waals surface area contributed by atoms with E-state index in [2.05, 4.69) is 20.1 Å². The average Bonchev–Trinajstić information content (AvgIpc) is 3.21. The minimum atomic E-state index is -4.46. The van der Waals surface area contributed by atoms with Crippen LogP contribution in [0.5, 0.6) is 5.88 Å². The molecule has 0 saturated heterocycles. The van der Waals surface area contributed by atoms with Crippen LogP contribution in [0.2, 0.25) is 5.02 Å². The van der Waals surface area contributed by atoms with Crippen LogP contribution in [0, 0.1) is 6.92 Å². The maximum atomic E-state index is 12.9. The van der Waals surface area contributed by atoms with Crippen LogP contribution in [0.1, 0.15) is 17.1 Å². The minimum absolute atomic E-state index is 0.0328. The van der Waals surface area contributed by atoms with E-state index in [0.29, 0.717) is 16.5 Å². The van der Waals surface area contributed by atoms with Crippen LogP contribution in [0.3, 0.4) is 0 Å². The van der Waals surface area contributed by atoms with Gasteiger partial charge in [-0.25, -0.2) is 4.98 Å². The van der Waals surface area contributed by atoms with Gasteiger partial charge < -0.3 is 9.26 Å². The molecule has 2 aromatic carbocycles. The van der Waals surface area contributed by atoms with Gasteiger partial charge in [0, 0.05) is 27.9 Å². The van der Waals surface area contributed by atoms with Crippen LogP contribution in [-0.4, -0.2) is 20.1 Å². The first-order chi connectivity index (χ1) is 14.8. The third kappa shape index (κ3) is 5.00. The fourth-order valence-corrected chi connectivity index (χ4v) is 2.87. The number of benzene rings is 2. The molecule has 0 radical (unpaired) electrons. The molecule has 0 fully saturated rings. The Labute approximate surface area is 179 Å². The van der Waals surface area contributed by atoms with E-state index in [1.807, 2.05) is 0 Å². The standard InChI is InChI=1S/C21H14ClF3N4O2/c1-12-9-17(27-19(26-12)13-5-7-16(22)8-6-13)30-11-18-28-20(29-31-18)14-3-2-4-15(10-14)21(23,24)25/h2-10H,11H2,1H3. The first-order valence-corrected chi connectivity index (χ1v) is 9.40. The van der Waals surface area contributed by atoms with Crippen molar-refractivity contribution in [3.05, 3.63) is 76.8 Å². The molecule has 0 saturated carbocycles. The Morgan fingerprint density at radius 3 is 2.45 bits per heavy atom. The molecule has 158 valence electrons. The highest BCUT2D eigenvalue weighted by Crippen LogP contribution is 2.31. The van der Waals surface area contributed by atoms with Gasteiger partial charge in [0.05, 0.1) is 5.56 Å². The monoisotopic (exact) mass is 446 g/mol. The fourth-order valence-electron chi connectivity index (χ4n) is 2.74. The number of ether oxygens (including phenoxy) is 1. The summed E-state index contributed by atoms with van der Waals surface area (Å²) in [5.74, 6) is 0.875. The molecule has 0 N–H and O–H groups in total. The highest BCUT2D eigenvalue weighted by atomic mass is 35.5. The molecule has 0 atom stereocenters. The lowest BCUT2D eigenvalue weighted by molar-refractivity contribution is -0.137. The van der Waals surface area contributed by atoms with E-state index in [1.54, 1.807) is 37.3 Å². The molecule has 10 heteroatoms. The number of nitrogens with zero attached hydrogens (tertiary/aromatic N) is 4. The molecule has 31 heavy (non-hydrogen) atoms. The van der Waals surface area contributed by atoms with Crippen molar-refractivity contribution in [3.8, 4) is 28.7 Å². The number of rotatable bonds is 5. The Balaban J connectivity index is 1.50. The van der Waals surface area contributed by atoms with Gasteiger partial charge in [0.15, 0.2) is 12.4 Å². The predicted octanol–water partition coefficient (Wildman–Crippen LogP) is 5.75. The Morgan fingerprint density at radius 2 is 1.71 bits per heavy atom. The molecule has 2 aromatic heterocycles. The van der Waals surface area contributed by atoms with Crippen molar-refractivity contribution in [3.63, 3.8) is 0 Å². The zero-order valence-electron chi connectivity index (χ0n) is 16.0. The van der Waals surface area contributed by atoms with Gasteiger partial charge in [-0.1, -0.05) is 28.9 Å². The molecular formula is C21H14ClF3N4O2. The zero-order valence-corrected chi connectivity index (χ0v) is 16.8. The molecule has 0 bridgehead atoms. The summed E-state index contributed by atoms with van der Waals surface area (Å²) < 4.78 is 49.4. The molecular weight excluding hydrogens is 433 g/mol. The normalized spacial score (nSPS) is 11.5. The summed E-state index contributed by atoms with van der Waals surface area (Å²) in [7, 11) is 0. The van der Waals surface area contributed by atoms with Gasteiger partial charge in [-0.3, -0.25) is 0 Å². The van der Waals surface area contributed by atoms with Crippen LogP contribution in [-0.2, 0) is 12.8 Å². The minimum Gasteiger partial charge on any atom is -0.467 e. The average molecular weight is 447 g/mol. The molecule has 0 spiro atoms. The van der Waals surface area contributed by atoms with Gasteiger partial charge in [0.1, 0.15) is 0 Å². The van der Waals surface area contributed by atoms with E-state index in [1.165, 1.54) is 12.1 Å². The first kappa shape index (κ1) is 20.8. The lowest BCUT2D eigenvalue weighted by atomic mass is 10.1. The van der Waals surface area contributed by atoms with E-state index < -0.39 is 11.7 Å². The van der Waals surface area contributed by atoms with Crippen LogP contribution in [0.15, 0.2) is 59.1 Å². The van der Waals surface area contributed by atoms with Crippen molar-refractivity contribution in [2.75, 3.05) is 0 Å². The maximum absolute atomic E-state index is 12.9. The molecule has 0 unspecified atom stereocenters. The van der Waals surface area contributed by atoms with Crippen molar-refractivity contribution in [2.45, 2.75) is 19.7 Å². The largest absolute Gasteiger partial charge is 0.467 e. The third-order valence-electron chi connectivity index (χ3n) is 4.19. The van der Waals surface area contributed by atoms with Gasteiger partial charge in [0.25, 0.3) is 5.89 Å². The van der Waals surface area contributed by atoms with Crippen LogP contribution in [0.25, 0.3) is 22.8 Å². The number of alkyl halides is 3. The van der Waals surface area contributed by atoms with Gasteiger partial charge >= 0.3 is 6.18 Å². The number of aryl methyl sites for hydroxylation is 1. The molecule has 0 amide bonds. The highest BCUT2D eigenvalue weighted by Gasteiger charge is 2.30. The second-order valence-electron chi connectivity index (χ2n) is 6.56. The van der Waals surface area contributed by atoms with Crippen molar-refractivity contribution in [1.82, 2.24) is 20.1 Å². The van der Waals surface area contributed by atoms with Crippen LogP contribution < -0.4 is 4.74 Å². The molecule has 6 nitrogen and oxygen atoms in total. The Hall–Kier alpha value is -3.46. The van der Waals surface area contributed by atoms with Crippen molar-refractivity contribution in [1.29, 1.82) is 0 Å². The van der Waals surface area contributed by atoms with Crippen molar-refractivity contribution >= 4 is 11.6 Å². The Morgan fingerprint density at radius 1 is 0.935 bits per heavy atom. The molecule has 2 heterocycles. The Bertz CT molecular complexity index is 1210. The van der Waals surface area contributed by atoms with E-state index in [-0.39, 0.29) is 29.8 Å². The van der Waals surface area contributed by atoms with Gasteiger partial charge in [-0.2, -0.15) is 23.1 Å². The molecule has 4 aromatic rings. The summed E-state index contributed by atoms with van der Waals surface area (Å²) in [6, 6.07) is 13.4. The van der Waals surface area contributed by atoms with E-state index in [9.17, 15) is 13.2 Å². The van der Waals surface area contributed by atoms with E-state index in [4.69, 9.17) is 20.9 Å². The topological polar surface area (TPSA) is 73.9 Å². The van der Waals surface area contributed by atoms with Crippen molar-refractivity contribution in [2.24, 2.45) is 0 Å². The summed E-state index contributed by atoms with van der Waals surface area (Å²) >= 11 is 5.91. The summed E-state index contributed by atoms with van der Waals surface area (Å²) in [6.07, 6.45) is -4.46. The van der Waals surface area contributed by atoms with Gasteiger partial charge in [0.2, 0.25) is 11.7 Å². The number of hydrogen-bond acceptors (Lipinski definition) is 6. The summed E-state index contributed by atoms with van der Waals surface area (Å²) in [5, 5.41) is 4.33. The molecule has 0 aliphatic heterocycles. The van der Waals surface area contributed by atoms with Crippen LogP contribution in [0.4, 0.5) is 13.2 Å². The smallest absolute Gasteiger partial charge is 0.416 e. The fraction of sp³-hybridized carbons (Fsp3) is 0.143. The second-order valence-corrected chi connectivity index (χ2v) is 6.99. The quantitative estimate of drug-likeness (QED) is 0.388. The van der Waals surface area contributed by atoms with E-state index >= 15 is 0 Å². The number of halogens is 4. The van der Waals surface area contributed by atoms with Crippen LogP contribution >= 0.6 is 11.6 Å². The maximum Gasteiger partial charge on any atom is 0.416 e. The molecule has 0 aliphatic carbocycles. The van der Waals surface area contributed by atoms with Gasteiger partial charge in [-0.05, 0) is 43.3 Å². The van der Waals surface area contributed by atoms with Gasteiger partial charge in [-0.15, -0.1) is 0 Å². The summed E-state index contributed by atoms with van der Waals surface area (Å²) in [6.45, 7) is 1.69. The first-order valence-electron chi connectivity index (χ1n) is 9.02. The SMILES string of the molecule is Cc1cc(OCc2nc(-c3cccc(C(F)(F)F)c3)no2)nc(-c2ccc(Cl)cc2)n1. The zero-order chi connectivity index (χ0) is 22.0. The third-order valence-corrected chi connectivity index (χ3v) is 4.44. The molecule has 0 aliphatic rings. The lowest BCUT2D eigenvalue weighted by Gasteiger charge is -2.07. The number of aromatic nitrogens is 4. The second kappa shape index (κ2) is 8.35. The lowest BCUT2D eigenvalue weighted by Crippen LogP contribution is -2.04. The molecule has 4 rings (SSSR count). The Kier molecular flexibility index (Phi) is 5.60. The number of hydrogen-bond donors (Lipinski definition) is 0. The summed E-state index contributed by atoms with van der Waals surface area (Å²) in [4.78, 5) is 12.8.